The third-order valence-electron chi connectivity index (χ3n) is 1.44. The van der Waals surface area contributed by atoms with Crippen LogP contribution in [0.3, 0.4) is 0 Å². The maximum Gasteiger partial charge on any atom is 0.260 e. The third-order valence-corrected chi connectivity index (χ3v) is 1.44. The van der Waals surface area contributed by atoms with Crippen molar-refractivity contribution in [3.8, 4) is 11.8 Å². The Morgan fingerprint density at radius 3 is 2.50 bits per heavy atom. The van der Waals surface area contributed by atoms with Crippen molar-refractivity contribution in [2.75, 3.05) is 6.61 Å². The summed E-state index contributed by atoms with van der Waals surface area (Å²) < 4.78 is 0. The van der Waals surface area contributed by atoms with Gasteiger partial charge in [0.2, 0.25) is 0 Å². The Morgan fingerprint density at radius 2 is 1.88 bits per heavy atom. The van der Waals surface area contributed by atoms with Gasteiger partial charge in [0.1, 0.15) is 6.61 Å². The molecule has 0 fully saturated rings. The van der Waals surface area contributed by atoms with Crippen molar-refractivity contribution < 1.29 is 4.84 Å². The van der Waals surface area contributed by atoms with Crippen LogP contribution in [0.1, 0.15) is 32.6 Å². The number of rotatable bonds is 5. The van der Waals surface area contributed by atoms with Crippen LogP contribution in [0.4, 0.5) is 0 Å². The van der Waals surface area contributed by atoms with Crippen molar-refractivity contribution in [2.45, 2.75) is 32.6 Å². The van der Waals surface area contributed by atoms with Crippen molar-refractivity contribution in [3.05, 3.63) is 0 Å². The number of aliphatic imine (C=N–C) groups is 1. The molecular formula is C10H19N5O. The lowest BCUT2D eigenvalue weighted by atomic mass is 10.3. The van der Waals surface area contributed by atoms with Crippen molar-refractivity contribution in [1.29, 1.82) is 0 Å². The maximum atomic E-state index is 5.30. The molecule has 0 aliphatic heterocycles. The highest BCUT2D eigenvalue weighted by Crippen LogP contribution is 1.90. The van der Waals surface area contributed by atoms with E-state index in [0.717, 1.165) is 25.7 Å². The molecule has 0 aromatic heterocycles. The van der Waals surface area contributed by atoms with Crippen LogP contribution < -0.4 is 17.2 Å². The topological polar surface area (TPSA) is 112 Å². The predicted molar refractivity (Wildman–Crippen MR) is 65.3 cm³/mol. The van der Waals surface area contributed by atoms with Crippen LogP contribution >= 0.6 is 0 Å². The molecule has 0 saturated carbocycles. The van der Waals surface area contributed by atoms with Crippen LogP contribution in [0, 0.1) is 11.8 Å². The Morgan fingerprint density at radius 1 is 1.19 bits per heavy atom. The Labute approximate surface area is 95.9 Å². The van der Waals surface area contributed by atoms with Gasteiger partial charge in [0, 0.05) is 12.8 Å². The highest BCUT2D eigenvalue weighted by atomic mass is 16.6. The molecule has 0 rings (SSSR count). The van der Waals surface area contributed by atoms with Gasteiger partial charge < -0.3 is 22.0 Å². The first-order valence-electron chi connectivity index (χ1n) is 5.17. The number of guanidine groups is 2. The lowest BCUT2D eigenvalue weighted by Gasteiger charge is -1.96. The minimum atomic E-state index is -0.143. The van der Waals surface area contributed by atoms with Gasteiger partial charge >= 0.3 is 0 Å². The van der Waals surface area contributed by atoms with Crippen LogP contribution in [-0.4, -0.2) is 18.5 Å². The van der Waals surface area contributed by atoms with Gasteiger partial charge in [-0.1, -0.05) is 6.92 Å². The van der Waals surface area contributed by atoms with E-state index in [1.54, 1.807) is 0 Å². The summed E-state index contributed by atoms with van der Waals surface area (Å²) in [7, 11) is 0. The summed E-state index contributed by atoms with van der Waals surface area (Å²) in [5, 5.41) is 3.50. The van der Waals surface area contributed by atoms with Crippen LogP contribution in [0.2, 0.25) is 0 Å². The van der Waals surface area contributed by atoms with Gasteiger partial charge in [0.25, 0.3) is 5.96 Å². The fourth-order valence-corrected chi connectivity index (χ4v) is 0.791. The molecule has 0 radical (unpaired) electrons. The van der Waals surface area contributed by atoms with E-state index in [1.807, 2.05) is 0 Å². The van der Waals surface area contributed by atoms with Gasteiger partial charge in [-0.3, -0.25) is 0 Å². The molecule has 16 heavy (non-hydrogen) atoms. The molecule has 0 spiro atoms. The summed E-state index contributed by atoms with van der Waals surface area (Å²) >= 11 is 0. The Balaban J connectivity index is 3.54. The largest absolute Gasteiger partial charge is 0.393 e. The van der Waals surface area contributed by atoms with Crippen LogP contribution in [-0.2, 0) is 4.84 Å². The van der Waals surface area contributed by atoms with Crippen molar-refractivity contribution in [3.63, 3.8) is 0 Å². The van der Waals surface area contributed by atoms with E-state index >= 15 is 0 Å². The third kappa shape index (κ3) is 10.2. The minimum Gasteiger partial charge on any atom is -0.393 e. The molecular weight excluding hydrogens is 206 g/mol. The lowest BCUT2D eigenvalue weighted by Crippen LogP contribution is -2.26. The SMILES string of the molecule is CCCC#CCCCO/N=C(\N)N=C(N)N. The molecule has 90 valence electrons. The summed E-state index contributed by atoms with van der Waals surface area (Å²) in [6.45, 7) is 2.54. The highest BCUT2D eigenvalue weighted by molar-refractivity contribution is 5.92. The van der Waals surface area contributed by atoms with Gasteiger partial charge in [0.05, 0.1) is 0 Å². The molecule has 0 saturated heterocycles. The second-order valence-electron chi connectivity index (χ2n) is 3.03. The zero-order chi connectivity index (χ0) is 12.2. The molecule has 0 unspecified atom stereocenters. The van der Waals surface area contributed by atoms with E-state index in [2.05, 4.69) is 28.9 Å². The van der Waals surface area contributed by atoms with Gasteiger partial charge in [-0.15, -0.1) is 11.8 Å². The standard InChI is InChI=1S/C10H19N5O/c1-2-3-4-5-6-7-8-16-15-10(13)14-9(11)12/h2-3,6-8H2,1H3,(H6,11,12,13,14,15). The van der Waals surface area contributed by atoms with Crippen LogP contribution in [0.15, 0.2) is 10.1 Å². The lowest BCUT2D eigenvalue weighted by molar-refractivity contribution is 0.142. The average Bonchev–Trinajstić information content (AvgIpc) is 2.21. The number of hydrogen-bond acceptors (Lipinski definition) is 2. The van der Waals surface area contributed by atoms with E-state index in [0.29, 0.717) is 6.61 Å². The van der Waals surface area contributed by atoms with E-state index in [1.165, 1.54) is 0 Å². The summed E-state index contributed by atoms with van der Waals surface area (Å²) in [5.41, 5.74) is 15.5. The molecule has 6 N–H and O–H groups in total. The zero-order valence-corrected chi connectivity index (χ0v) is 9.57. The molecule has 0 heterocycles. The van der Waals surface area contributed by atoms with Gasteiger partial charge in [-0.05, 0) is 18.0 Å². The molecule has 0 aliphatic rings. The fourth-order valence-electron chi connectivity index (χ4n) is 0.791. The second-order valence-corrected chi connectivity index (χ2v) is 3.03. The number of unbranched alkanes of at least 4 members (excludes halogenated alkanes) is 2. The monoisotopic (exact) mass is 225 g/mol. The first-order chi connectivity index (χ1) is 7.66. The summed E-state index contributed by atoms with van der Waals surface area (Å²) in [6.07, 6.45) is 3.62. The van der Waals surface area contributed by atoms with Crippen LogP contribution in [0.25, 0.3) is 0 Å². The molecule has 0 aromatic rings. The normalized spacial score (nSPS) is 10.2. The average molecular weight is 225 g/mol. The predicted octanol–water partition coefficient (Wildman–Crippen LogP) is 0.0898. The van der Waals surface area contributed by atoms with E-state index < -0.39 is 0 Å². The number of hydrogen-bond donors (Lipinski definition) is 3. The van der Waals surface area contributed by atoms with Gasteiger partial charge in [0.15, 0.2) is 5.96 Å². The van der Waals surface area contributed by atoms with E-state index in [-0.39, 0.29) is 11.9 Å². The molecule has 0 aromatic carbocycles. The molecule has 6 heteroatoms. The zero-order valence-electron chi connectivity index (χ0n) is 9.57. The van der Waals surface area contributed by atoms with E-state index in [4.69, 9.17) is 22.0 Å². The molecule has 0 amide bonds. The first kappa shape index (κ1) is 14.1. The first-order valence-corrected chi connectivity index (χ1v) is 5.17. The van der Waals surface area contributed by atoms with Gasteiger partial charge in [-0.25, -0.2) is 0 Å². The number of nitrogens with two attached hydrogens (primary N) is 3. The summed E-state index contributed by atoms with van der Waals surface area (Å²) in [5.74, 6) is 5.84. The van der Waals surface area contributed by atoms with Crippen molar-refractivity contribution in [1.82, 2.24) is 0 Å². The number of oxime groups is 1. The minimum absolute atomic E-state index is 0.0860. The smallest absolute Gasteiger partial charge is 0.260 e. The Kier molecular flexibility index (Phi) is 8.50. The summed E-state index contributed by atoms with van der Waals surface area (Å²) in [6, 6.07) is 0. The second kappa shape index (κ2) is 9.65. The van der Waals surface area contributed by atoms with E-state index in [9.17, 15) is 0 Å². The maximum absolute atomic E-state index is 5.30. The summed E-state index contributed by atoms with van der Waals surface area (Å²) in [4.78, 5) is 8.36. The fraction of sp³-hybridized carbons (Fsp3) is 0.600. The number of nitrogens with zero attached hydrogens (tertiary/aromatic N) is 2. The van der Waals surface area contributed by atoms with Crippen molar-refractivity contribution >= 4 is 11.9 Å². The highest BCUT2D eigenvalue weighted by Gasteiger charge is 1.89. The molecule has 6 nitrogen and oxygen atoms in total. The quantitative estimate of drug-likeness (QED) is 0.202. The Bertz CT molecular complexity index is 296. The van der Waals surface area contributed by atoms with Crippen molar-refractivity contribution in [2.24, 2.45) is 27.3 Å². The van der Waals surface area contributed by atoms with Crippen LogP contribution in [0.5, 0.6) is 0 Å². The molecule has 0 bridgehead atoms. The van der Waals surface area contributed by atoms with Gasteiger partial charge in [-0.2, -0.15) is 4.99 Å². The molecule has 0 aliphatic carbocycles. The Hall–Kier alpha value is -1.90. The molecule has 0 atom stereocenters.